The molecular formula is C21H25BrN2O5S. The number of amides is 1. The number of methoxy groups -OCH3 is 2. The van der Waals surface area contributed by atoms with Crippen LogP contribution in [0.2, 0.25) is 0 Å². The Labute approximate surface area is 185 Å². The van der Waals surface area contributed by atoms with Gasteiger partial charge in [-0.15, -0.1) is 0 Å². The second-order valence-corrected chi connectivity index (χ2v) is 9.74. The van der Waals surface area contributed by atoms with Gasteiger partial charge in [0.05, 0.1) is 24.7 Å². The molecule has 0 aliphatic carbocycles. The molecule has 0 radical (unpaired) electrons. The Hall–Kier alpha value is -2.10. The molecule has 0 spiro atoms. The van der Waals surface area contributed by atoms with Crippen molar-refractivity contribution in [3.05, 3.63) is 52.0 Å². The average molecular weight is 497 g/mol. The van der Waals surface area contributed by atoms with Crippen LogP contribution in [0.25, 0.3) is 0 Å². The first-order valence-electron chi connectivity index (χ1n) is 9.65. The van der Waals surface area contributed by atoms with Crippen molar-refractivity contribution >= 4 is 31.9 Å². The quantitative estimate of drug-likeness (QED) is 0.606. The standard InChI is InChI=1S/C21H25BrN2O5S/c1-28-19-8-5-15(13-20(19)29-2)9-10-23-21(25)17-14-16(6-7-18(17)22)30(26,27)24-11-3-4-12-24/h5-8,13-14H,3-4,9-12H2,1-2H3,(H,23,25). The third-order valence-corrected chi connectivity index (χ3v) is 7.62. The zero-order valence-corrected chi connectivity index (χ0v) is 19.4. The van der Waals surface area contributed by atoms with Crippen LogP contribution in [0.1, 0.15) is 28.8 Å². The molecule has 2 aromatic carbocycles. The number of ether oxygens (including phenoxy) is 2. The van der Waals surface area contributed by atoms with Crippen LogP contribution in [-0.2, 0) is 16.4 Å². The molecule has 1 N–H and O–H groups in total. The largest absolute Gasteiger partial charge is 0.493 e. The van der Waals surface area contributed by atoms with Gasteiger partial charge in [-0.2, -0.15) is 4.31 Å². The normalized spacial score (nSPS) is 14.5. The maximum Gasteiger partial charge on any atom is 0.252 e. The minimum Gasteiger partial charge on any atom is -0.493 e. The third-order valence-electron chi connectivity index (χ3n) is 5.03. The Morgan fingerprint density at radius 2 is 1.77 bits per heavy atom. The first-order valence-corrected chi connectivity index (χ1v) is 11.9. The van der Waals surface area contributed by atoms with E-state index in [0.717, 1.165) is 18.4 Å². The summed E-state index contributed by atoms with van der Waals surface area (Å²) in [6, 6.07) is 10.2. The highest BCUT2D eigenvalue weighted by Gasteiger charge is 2.28. The molecule has 1 aliphatic rings. The summed E-state index contributed by atoms with van der Waals surface area (Å²) in [4.78, 5) is 12.8. The Bertz CT molecular complexity index is 1020. The van der Waals surface area contributed by atoms with Crippen molar-refractivity contribution < 1.29 is 22.7 Å². The molecule has 162 valence electrons. The fraction of sp³-hybridized carbons (Fsp3) is 0.381. The summed E-state index contributed by atoms with van der Waals surface area (Å²) in [6.45, 7) is 1.43. The van der Waals surface area contributed by atoms with Gasteiger partial charge in [0, 0.05) is 24.1 Å². The SMILES string of the molecule is COc1ccc(CCNC(=O)c2cc(S(=O)(=O)N3CCCC3)ccc2Br)cc1OC. The van der Waals surface area contributed by atoms with Gasteiger partial charge in [0.25, 0.3) is 5.91 Å². The number of nitrogens with zero attached hydrogens (tertiary/aromatic N) is 1. The van der Waals surface area contributed by atoms with Crippen molar-refractivity contribution in [3.8, 4) is 11.5 Å². The molecule has 0 saturated carbocycles. The molecule has 0 unspecified atom stereocenters. The van der Waals surface area contributed by atoms with Crippen molar-refractivity contribution in [1.82, 2.24) is 9.62 Å². The second-order valence-electron chi connectivity index (χ2n) is 6.95. The number of halogens is 1. The Balaban J connectivity index is 1.68. The van der Waals surface area contributed by atoms with Crippen molar-refractivity contribution in [1.29, 1.82) is 0 Å². The predicted molar refractivity (Wildman–Crippen MR) is 118 cm³/mol. The van der Waals surface area contributed by atoms with E-state index < -0.39 is 10.0 Å². The van der Waals surface area contributed by atoms with Crippen molar-refractivity contribution in [2.75, 3.05) is 33.9 Å². The maximum absolute atomic E-state index is 12.8. The number of hydrogen-bond acceptors (Lipinski definition) is 5. The lowest BCUT2D eigenvalue weighted by atomic mass is 10.1. The Morgan fingerprint density at radius 1 is 1.07 bits per heavy atom. The van der Waals surface area contributed by atoms with Crippen molar-refractivity contribution in [2.45, 2.75) is 24.2 Å². The van der Waals surface area contributed by atoms with E-state index in [0.29, 0.717) is 47.6 Å². The van der Waals surface area contributed by atoms with Gasteiger partial charge in [-0.3, -0.25) is 4.79 Å². The molecule has 0 aromatic heterocycles. The number of nitrogens with one attached hydrogen (secondary N) is 1. The second kappa shape index (κ2) is 9.80. The molecule has 2 aromatic rings. The molecule has 9 heteroatoms. The number of sulfonamides is 1. The van der Waals surface area contributed by atoms with Gasteiger partial charge in [0.1, 0.15) is 0 Å². The summed E-state index contributed by atoms with van der Waals surface area (Å²) in [5.74, 6) is 0.940. The van der Waals surface area contributed by atoms with E-state index in [-0.39, 0.29) is 10.8 Å². The minimum absolute atomic E-state index is 0.137. The van der Waals surface area contributed by atoms with Gasteiger partial charge in [-0.05, 0) is 71.1 Å². The fourth-order valence-corrected chi connectivity index (χ4v) is 5.34. The highest BCUT2D eigenvalue weighted by molar-refractivity contribution is 9.10. The molecule has 0 bridgehead atoms. The number of hydrogen-bond donors (Lipinski definition) is 1. The lowest BCUT2D eigenvalue weighted by Crippen LogP contribution is -2.29. The first-order chi connectivity index (χ1) is 14.4. The number of carbonyl (C=O) groups is 1. The van der Waals surface area contributed by atoms with Crippen LogP contribution in [-0.4, -0.2) is 52.5 Å². The molecule has 1 aliphatic heterocycles. The summed E-state index contributed by atoms with van der Waals surface area (Å²) in [7, 11) is -0.432. The third kappa shape index (κ3) is 4.96. The van der Waals surface area contributed by atoms with Crippen molar-refractivity contribution in [2.24, 2.45) is 0 Å². The van der Waals surface area contributed by atoms with Gasteiger partial charge in [0.2, 0.25) is 10.0 Å². The van der Waals surface area contributed by atoms with Crippen LogP contribution in [0.3, 0.4) is 0 Å². The molecule has 7 nitrogen and oxygen atoms in total. The number of rotatable bonds is 8. The summed E-state index contributed by atoms with van der Waals surface area (Å²) in [5.41, 5.74) is 1.28. The molecule has 0 atom stereocenters. The van der Waals surface area contributed by atoms with Gasteiger partial charge < -0.3 is 14.8 Å². The van der Waals surface area contributed by atoms with Crippen LogP contribution < -0.4 is 14.8 Å². The van der Waals surface area contributed by atoms with E-state index >= 15 is 0 Å². The summed E-state index contributed by atoms with van der Waals surface area (Å²) < 4.78 is 38.1. The fourth-order valence-electron chi connectivity index (χ4n) is 3.37. The molecule has 1 fully saturated rings. The van der Waals surface area contributed by atoms with Crippen molar-refractivity contribution in [3.63, 3.8) is 0 Å². The monoisotopic (exact) mass is 496 g/mol. The molecular weight excluding hydrogens is 472 g/mol. The smallest absolute Gasteiger partial charge is 0.252 e. The highest BCUT2D eigenvalue weighted by atomic mass is 79.9. The van der Waals surface area contributed by atoms with Gasteiger partial charge in [-0.25, -0.2) is 8.42 Å². The molecule has 1 saturated heterocycles. The van der Waals surface area contributed by atoms with Gasteiger partial charge in [0.15, 0.2) is 11.5 Å². The van der Waals surface area contributed by atoms with Crippen LogP contribution in [0.15, 0.2) is 45.8 Å². The number of carbonyl (C=O) groups excluding carboxylic acids is 1. The van der Waals surface area contributed by atoms with E-state index in [1.165, 1.54) is 16.4 Å². The lowest BCUT2D eigenvalue weighted by molar-refractivity contribution is 0.0953. The van der Waals surface area contributed by atoms with E-state index in [2.05, 4.69) is 21.2 Å². The Morgan fingerprint density at radius 3 is 2.43 bits per heavy atom. The van der Waals surface area contributed by atoms with Crippen LogP contribution in [0.4, 0.5) is 0 Å². The lowest BCUT2D eigenvalue weighted by Gasteiger charge is -2.16. The number of benzene rings is 2. The molecule has 3 rings (SSSR count). The first kappa shape index (κ1) is 22.6. The maximum atomic E-state index is 12.8. The highest BCUT2D eigenvalue weighted by Crippen LogP contribution is 2.28. The molecule has 30 heavy (non-hydrogen) atoms. The van der Waals surface area contributed by atoms with Gasteiger partial charge >= 0.3 is 0 Å². The van der Waals surface area contributed by atoms with Crippen LogP contribution in [0.5, 0.6) is 11.5 Å². The zero-order chi connectivity index (χ0) is 21.7. The van der Waals surface area contributed by atoms with E-state index in [9.17, 15) is 13.2 Å². The van der Waals surface area contributed by atoms with E-state index in [1.54, 1.807) is 20.3 Å². The van der Waals surface area contributed by atoms with E-state index in [1.807, 2.05) is 18.2 Å². The summed E-state index contributed by atoms with van der Waals surface area (Å²) in [5, 5.41) is 2.85. The average Bonchev–Trinajstić information content (AvgIpc) is 3.29. The minimum atomic E-state index is -3.58. The zero-order valence-electron chi connectivity index (χ0n) is 17.0. The summed E-state index contributed by atoms with van der Waals surface area (Å²) in [6.07, 6.45) is 2.31. The topological polar surface area (TPSA) is 84.9 Å². The Kier molecular flexibility index (Phi) is 7.38. The van der Waals surface area contributed by atoms with Crippen LogP contribution >= 0.6 is 15.9 Å². The molecule has 1 amide bonds. The van der Waals surface area contributed by atoms with Crippen LogP contribution in [0, 0.1) is 0 Å². The predicted octanol–water partition coefficient (Wildman–Crippen LogP) is 3.22. The molecule has 1 heterocycles. The van der Waals surface area contributed by atoms with Gasteiger partial charge in [-0.1, -0.05) is 6.07 Å². The van der Waals surface area contributed by atoms with E-state index in [4.69, 9.17) is 9.47 Å². The summed E-state index contributed by atoms with van der Waals surface area (Å²) >= 11 is 3.35.